The van der Waals surface area contributed by atoms with Crippen molar-refractivity contribution in [2.75, 3.05) is 19.5 Å². The van der Waals surface area contributed by atoms with Gasteiger partial charge in [0.15, 0.2) is 0 Å². The van der Waals surface area contributed by atoms with Crippen LogP contribution in [0.25, 0.3) is 0 Å². The third-order valence-corrected chi connectivity index (χ3v) is 4.51. The van der Waals surface area contributed by atoms with Gasteiger partial charge in [-0.05, 0) is 31.2 Å². The second-order valence-electron chi connectivity index (χ2n) is 6.68. The fraction of sp³-hybridized carbons (Fsp3) is 0.200. The summed E-state index contributed by atoms with van der Waals surface area (Å²) in [6, 6.07) is 9.36. The van der Waals surface area contributed by atoms with Crippen molar-refractivity contribution in [3.8, 4) is 23.1 Å². The smallest absolute Gasteiger partial charge is 0.350 e. The van der Waals surface area contributed by atoms with Gasteiger partial charge in [0.2, 0.25) is 5.91 Å². The second kappa shape index (κ2) is 9.64. The number of nitro groups is 2. The van der Waals surface area contributed by atoms with E-state index in [4.69, 9.17) is 14.2 Å². The molecule has 0 aliphatic rings. The normalized spacial score (nSPS) is 11.4. The van der Waals surface area contributed by atoms with Gasteiger partial charge in [0, 0.05) is 12.1 Å². The molecule has 172 valence electrons. The molecule has 1 unspecified atom stereocenters. The maximum Gasteiger partial charge on any atom is 0.350 e. The number of nitro benzene ring substituents is 1. The first-order chi connectivity index (χ1) is 15.7. The molecule has 3 rings (SSSR count). The lowest BCUT2D eigenvalue weighted by Crippen LogP contribution is -2.24. The highest BCUT2D eigenvalue weighted by Gasteiger charge is 2.25. The van der Waals surface area contributed by atoms with Crippen molar-refractivity contribution < 1.29 is 28.9 Å². The van der Waals surface area contributed by atoms with E-state index in [9.17, 15) is 25.0 Å². The largest absolute Gasteiger partial charge is 0.497 e. The summed E-state index contributed by atoms with van der Waals surface area (Å²) in [5.74, 6) is 0.265. The summed E-state index contributed by atoms with van der Waals surface area (Å²) < 4.78 is 16.7. The number of anilines is 1. The van der Waals surface area contributed by atoms with Crippen LogP contribution in [0.2, 0.25) is 0 Å². The van der Waals surface area contributed by atoms with Gasteiger partial charge < -0.3 is 19.5 Å². The van der Waals surface area contributed by atoms with E-state index < -0.39 is 27.5 Å². The molecule has 1 amide bonds. The van der Waals surface area contributed by atoms with Crippen molar-refractivity contribution in [3.05, 3.63) is 68.9 Å². The molecule has 1 heterocycles. The Balaban J connectivity index is 1.83. The molecule has 0 saturated heterocycles. The molecule has 0 spiro atoms. The van der Waals surface area contributed by atoms with Gasteiger partial charge in [-0.25, -0.2) is 4.68 Å². The second-order valence-corrected chi connectivity index (χ2v) is 6.68. The summed E-state index contributed by atoms with van der Waals surface area (Å²) in [5, 5.41) is 28.9. The quantitative estimate of drug-likeness (QED) is 0.373. The summed E-state index contributed by atoms with van der Waals surface area (Å²) in [4.78, 5) is 33.8. The Hall–Kier alpha value is -4.68. The zero-order valence-corrected chi connectivity index (χ0v) is 17.8. The molecule has 13 nitrogen and oxygen atoms in total. The highest BCUT2D eigenvalue weighted by Crippen LogP contribution is 2.31. The predicted octanol–water partition coefficient (Wildman–Crippen LogP) is 3.71. The van der Waals surface area contributed by atoms with Crippen LogP contribution >= 0.6 is 0 Å². The molecule has 1 atom stereocenters. The number of aromatic nitrogens is 2. The first-order valence-electron chi connectivity index (χ1n) is 9.41. The SMILES string of the molecule is COc1ccc(Oc2cc(NC(=O)C(C)n3cc([N+](=O)[O-])c(OC)n3)cc([N+](=O)[O-])c2)cc1. The molecule has 0 aliphatic heterocycles. The number of ether oxygens (including phenoxy) is 3. The van der Waals surface area contributed by atoms with E-state index in [0.717, 1.165) is 16.9 Å². The van der Waals surface area contributed by atoms with Crippen LogP contribution in [-0.2, 0) is 4.79 Å². The number of rotatable bonds is 9. The topological polar surface area (TPSA) is 161 Å². The van der Waals surface area contributed by atoms with Crippen LogP contribution in [0.3, 0.4) is 0 Å². The number of methoxy groups -OCH3 is 2. The molecule has 3 aromatic rings. The molecular weight excluding hydrogens is 438 g/mol. The van der Waals surface area contributed by atoms with Gasteiger partial charge in [0.1, 0.15) is 29.5 Å². The summed E-state index contributed by atoms with van der Waals surface area (Å²) in [6.07, 6.45) is 1.06. The molecule has 13 heteroatoms. The maximum atomic E-state index is 12.7. The van der Waals surface area contributed by atoms with Gasteiger partial charge >= 0.3 is 11.6 Å². The van der Waals surface area contributed by atoms with Crippen molar-refractivity contribution in [2.45, 2.75) is 13.0 Å². The van der Waals surface area contributed by atoms with Crippen LogP contribution in [-0.4, -0.2) is 39.8 Å². The van der Waals surface area contributed by atoms with Crippen molar-refractivity contribution in [1.82, 2.24) is 9.78 Å². The zero-order valence-electron chi connectivity index (χ0n) is 17.8. The lowest BCUT2D eigenvalue weighted by Gasteiger charge is -2.13. The first-order valence-corrected chi connectivity index (χ1v) is 9.41. The first kappa shape index (κ1) is 23.0. The van der Waals surface area contributed by atoms with Gasteiger partial charge in [0.05, 0.1) is 35.8 Å². The molecule has 33 heavy (non-hydrogen) atoms. The number of hydrogen-bond acceptors (Lipinski definition) is 9. The highest BCUT2D eigenvalue weighted by atomic mass is 16.6. The van der Waals surface area contributed by atoms with Crippen LogP contribution in [0.4, 0.5) is 17.1 Å². The average molecular weight is 457 g/mol. The van der Waals surface area contributed by atoms with Gasteiger partial charge in [-0.15, -0.1) is 5.10 Å². The Labute approximate surface area is 186 Å². The van der Waals surface area contributed by atoms with Crippen LogP contribution in [0, 0.1) is 20.2 Å². The number of non-ortho nitro benzene ring substituents is 1. The number of nitrogens with one attached hydrogen (secondary N) is 1. The number of amides is 1. The zero-order chi connectivity index (χ0) is 24.1. The van der Waals surface area contributed by atoms with Crippen LogP contribution in [0.5, 0.6) is 23.1 Å². The molecule has 0 bridgehead atoms. The number of carbonyl (C=O) groups is 1. The summed E-state index contributed by atoms with van der Waals surface area (Å²) >= 11 is 0. The average Bonchev–Trinajstić information content (AvgIpc) is 3.23. The molecule has 2 aromatic carbocycles. The Morgan fingerprint density at radius 3 is 2.21 bits per heavy atom. The van der Waals surface area contributed by atoms with Crippen molar-refractivity contribution in [2.24, 2.45) is 0 Å². The fourth-order valence-corrected chi connectivity index (χ4v) is 2.80. The van der Waals surface area contributed by atoms with E-state index in [1.165, 1.54) is 33.3 Å². The molecule has 1 N–H and O–H groups in total. The van der Waals surface area contributed by atoms with E-state index in [2.05, 4.69) is 10.4 Å². The molecule has 0 saturated carbocycles. The van der Waals surface area contributed by atoms with E-state index >= 15 is 0 Å². The van der Waals surface area contributed by atoms with E-state index in [1.807, 2.05) is 0 Å². The van der Waals surface area contributed by atoms with Crippen LogP contribution in [0.1, 0.15) is 13.0 Å². The lowest BCUT2D eigenvalue weighted by atomic mass is 10.2. The maximum absolute atomic E-state index is 12.7. The van der Waals surface area contributed by atoms with Gasteiger partial charge in [-0.1, -0.05) is 0 Å². The number of benzene rings is 2. The van der Waals surface area contributed by atoms with Gasteiger partial charge in [0.25, 0.3) is 5.69 Å². The van der Waals surface area contributed by atoms with Crippen molar-refractivity contribution >= 4 is 23.0 Å². The lowest BCUT2D eigenvalue weighted by molar-refractivity contribution is -0.385. The van der Waals surface area contributed by atoms with Gasteiger partial charge in [-0.3, -0.25) is 25.0 Å². The minimum Gasteiger partial charge on any atom is -0.497 e. The molecular formula is C20H19N5O8. The molecule has 0 radical (unpaired) electrons. The summed E-state index contributed by atoms with van der Waals surface area (Å²) in [7, 11) is 2.74. The number of carbonyl (C=O) groups excluding carboxylic acids is 1. The van der Waals surface area contributed by atoms with E-state index in [1.54, 1.807) is 24.3 Å². The Morgan fingerprint density at radius 2 is 1.67 bits per heavy atom. The Bertz CT molecular complexity index is 1190. The predicted molar refractivity (Wildman–Crippen MR) is 115 cm³/mol. The minimum atomic E-state index is -0.988. The molecule has 1 aromatic heterocycles. The van der Waals surface area contributed by atoms with E-state index in [0.29, 0.717) is 11.5 Å². The van der Waals surface area contributed by atoms with Crippen molar-refractivity contribution in [3.63, 3.8) is 0 Å². The summed E-state index contributed by atoms with van der Waals surface area (Å²) in [6.45, 7) is 1.46. The van der Waals surface area contributed by atoms with Crippen molar-refractivity contribution in [1.29, 1.82) is 0 Å². The molecule has 0 aliphatic carbocycles. The standard InChI is InChI=1S/C20H19N5O8/c1-12(23-11-18(25(29)30)20(22-23)32-3)19(26)21-13-8-14(24(27)28)10-17(9-13)33-16-6-4-15(31-2)5-7-16/h4-12H,1-3H3,(H,21,26). The Morgan fingerprint density at radius 1 is 1.00 bits per heavy atom. The fourth-order valence-electron chi connectivity index (χ4n) is 2.80. The monoisotopic (exact) mass is 457 g/mol. The van der Waals surface area contributed by atoms with Gasteiger partial charge in [-0.2, -0.15) is 0 Å². The third kappa shape index (κ3) is 5.33. The van der Waals surface area contributed by atoms with Crippen LogP contribution < -0.4 is 19.5 Å². The third-order valence-electron chi connectivity index (χ3n) is 4.51. The molecule has 0 fully saturated rings. The number of hydrogen-bond donors (Lipinski definition) is 1. The minimum absolute atomic E-state index is 0.0955. The van der Waals surface area contributed by atoms with Crippen LogP contribution in [0.15, 0.2) is 48.7 Å². The number of nitrogens with zero attached hydrogens (tertiary/aromatic N) is 4. The highest BCUT2D eigenvalue weighted by molar-refractivity contribution is 5.94. The van der Waals surface area contributed by atoms with E-state index in [-0.39, 0.29) is 23.0 Å². The summed E-state index contributed by atoms with van der Waals surface area (Å²) in [5.41, 5.74) is -0.610. The Kier molecular flexibility index (Phi) is 6.71.